The highest BCUT2D eigenvalue weighted by Crippen LogP contribution is 2.24. The van der Waals surface area contributed by atoms with Gasteiger partial charge in [-0.15, -0.1) is 0 Å². The summed E-state index contributed by atoms with van der Waals surface area (Å²) in [5.74, 6) is 1.22. The van der Waals surface area contributed by atoms with Crippen LogP contribution in [0, 0.1) is 0 Å². The summed E-state index contributed by atoms with van der Waals surface area (Å²) in [5.41, 5.74) is 0. The van der Waals surface area contributed by atoms with Crippen molar-refractivity contribution in [1.29, 1.82) is 0 Å². The molecule has 8 heteroatoms. The first kappa shape index (κ1) is 17.7. The molecule has 1 fully saturated rings. The molecule has 1 saturated heterocycles. The van der Waals surface area contributed by atoms with E-state index in [1.807, 2.05) is 12.1 Å². The SMILES string of the molecule is CN=C(NCCC(F)(F)F)NCC(c1ccco1)N1CCCC1. The summed E-state index contributed by atoms with van der Waals surface area (Å²) in [4.78, 5) is 6.28. The summed E-state index contributed by atoms with van der Waals surface area (Å²) in [6.45, 7) is 2.32. The van der Waals surface area contributed by atoms with Crippen LogP contribution in [0.1, 0.15) is 31.1 Å². The van der Waals surface area contributed by atoms with E-state index < -0.39 is 12.6 Å². The van der Waals surface area contributed by atoms with Crippen molar-refractivity contribution in [1.82, 2.24) is 15.5 Å². The third kappa shape index (κ3) is 5.78. The van der Waals surface area contributed by atoms with Crippen molar-refractivity contribution in [2.75, 3.05) is 33.2 Å². The molecule has 130 valence electrons. The number of guanidine groups is 1. The van der Waals surface area contributed by atoms with Gasteiger partial charge in [0.2, 0.25) is 0 Å². The van der Waals surface area contributed by atoms with Crippen LogP contribution in [-0.2, 0) is 0 Å². The van der Waals surface area contributed by atoms with Crippen molar-refractivity contribution >= 4 is 5.96 Å². The van der Waals surface area contributed by atoms with Crippen molar-refractivity contribution in [3.05, 3.63) is 24.2 Å². The first-order chi connectivity index (χ1) is 11.0. The number of aliphatic imine (C=N–C) groups is 1. The molecule has 0 aliphatic carbocycles. The third-order valence-corrected chi connectivity index (χ3v) is 3.84. The first-order valence-electron chi connectivity index (χ1n) is 7.78. The minimum atomic E-state index is -4.17. The van der Waals surface area contributed by atoms with E-state index in [4.69, 9.17) is 4.42 Å². The number of alkyl halides is 3. The van der Waals surface area contributed by atoms with Crippen LogP contribution in [0.15, 0.2) is 27.8 Å². The van der Waals surface area contributed by atoms with Crippen molar-refractivity contribution in [2.45, 2.75) is 31.5 Å². The van der Waals surface area contributed by atoms with Gasteiger partial charge < -0.3 is 15.1 Å². The molecule has 0 aromatic carbocycles. The van der Waals surface area contributed by atoms with Crippen molar-refractivity contribution in [3.63, 3.8) is 0 Å². The first-order valence-corrected chi connectivity index (χ1v) is 7.78. The molecule has 1 unspecified atom stereocenters. The Bertz CT molecular complexity index is 481. The Balaban J connectivity index is 1.86. The van der Waals surface area contributed by atoms with E-state index >= 15 is 0 Å². The molecule has 1 aromatic heterocycles. The van der Waals surface area contributed by atoms with Gasteiger partial charge in [-0.05, 0) is 38.1 Å². The zero-order chi connectivity index (χ0) is 16.7. The van der Waals surface area contributed by atoms with Crippen LogP contribution in [0.4, 0.5) is 13.2 Å². The summed E-state index contributed by atoms with van der Waals surface area (Å²) in [7, 11) is 1.54. The van der Waals surface area contributed by atoms with Gasteiger partial charge in [0.1, 0.15) is 5.76 Å². The maximum absolute atomic E-state index is 12.2. The van der Waals surface area contributed by atoms with Gasteiger partial charge in [0, 0.05) is 20.1 Å². The van der Waals surface area contributed by atoms with E-state index in [9.17, 15) is 13.2 Å². The number of likely N-dealkylation sites (tertiary alicyclic amines) is 1. The highest BCUT2D eigenvalue weighted by molar-refractivity contribution is 5.79. The van der Waals surface area contributed by atoms with Crippen molar-refractivity contribution in [3.8, 4) is 0 Å². The lowest BCUT2D eigenvalue weighted by molar-refractivity contribution is -0.132. The normalized spacial score (nSPS) is 18.2. The molecule has 1 aliphatic rings. The van der Waals surface area contributed by atoms with E-state index in [0.29, 0.717) is 12.5 Å². The fourth-order valence-corrected chi connectivity index (χ4v) is 2.68. The molecule has 0 bridgehead atoms. The van der Waals surface area contributed by atoms with E-state index in [1.165, 1.54) is 0 Å². The van der Waals surface area contributed by atoms with Gasteiger partial charge in [0.05, 0.1) is 18.7 Å². The molecule has 0 saturated carbocycles. The van der Waals surface area contributed by atoms with E-state index in [-0.39, 0.29) is 12.6 Å². The monoisotopic (exact) mass is 332 g/mol. The fraction of sp³-hybridized carbons (Fsp3) is 0.667. The second kappa shape index (κ2) is 8.24. The van der Waals surface area contributed by atoms with Crippen molar-refractivity contribution in [2.24, 2.45) is 4.99 Å². The van der Waals surface area contributed by atoms with E-state index in [2.05, 4.69) is 20.5 Å². The van der Waals surface area contributed by atoms with E-state index in [1.54, 1.807) is 13.3 Å². The predicted molar refractivity (Wildman–Crippen MR) is 82.3 cm³/mol. The van der Waals surface area contributed by atoms with Crippen LogP contribution < -0.4 is 10.6 Å². The molecule has 0 spiro atoms. The molecule has 0 radical (unpaired) electrons. The summed E-state index contributed by atoms with van der Waals surface area (Å²) >= 11 is 0. The summed E-state index contributed by atoms with van der Waals surface area (Å²) in [5, 5.41) is 5.78. The van der Waals surface area contributed by atoms with Crippen molar-refractivity contribution < 1.29 is 17.6 Å². The summed E-state index contributed by atoms with van der Waals surface area (Å²) in [6, 6.07) is 3.81. The van der Waals surface area contributed by atoms with Gasteiger partial charge in [-0.3, -0.25) is 9.89 Å². The quantitative estimate of drug-likeness (QED) is 0.621. The highest BCUT2D eigenvalue weighted by atomic mass is 19.4. The standard InChI is InChI=1S/C15H23F3N4O/c1-19-14(20-7-6-15(16,17)18)21-11-12(13-5-4-10-23-13)22-8-2-3-9-22/h4-5,10,12H,2-3,6-9,11H2,1H3,(H2,19,20,21). The average Bonchev–Trinajstić information content (AvgIpc) is 3.18. The lowest BCUT2D eigenvalue weighted by atomic mass is 10.2. The lowest BCUT2D eigenvalue weighted by Crippen LogP contribution is -2.43. The zero-order valence-corrected chi connectivity index (χ0v) is 13.2. The van der Waals surface area contributed by atoms with Gasteiger partial charge in [-0.25, -0.2) is 0 Å². The Hall–Kier alpha value is -1.70. The van der Waals surface area contributed by atoms with E-state index in [0.717, 1.165) is 31.7 Å². The molecule has 23 heavy (non-hydrogen) atoms. The topological polar surface area (TPSA) is 52.8 Å². The number of nitrogens with zero attached hydrogens (tertiary/aromatic N) is 2. The molecular weight excluding hydrogens is 309 g/mol. The number of hydrogen-bond acceptors (Lipinski definition) is 3. The van der Waals surface area contributed by atoms with Crippen LogP contribution >= 0.6 is 0 Å². The largest absolute Gasteiger partial charge is 0.468 e. The Morgan fingerprint density at radius 3 is 2.65 bits per heavy atom. The molecule has 1 atom stereocenters. The second-order valence-corrected chi connectivity index (χ2v) is 5.52. The molecule has 2 heterocycles. The molecule has 1 aromatic rings. The second-order valence-electron chi connectivity index (χ2n) is 5.52. The Labute approximate surface area is 133 Å². The molecular formula is C15H23F3N4O. The molecule has 2 N–H and O–H groups in total. The Kier molecular flexibility index (Phi) is 6.32. The van der Waals surface area contributed by atoms with Crippen LogP contribution in [0.25, 0.3) is 0 Å². The third-order valence-electron chi connectivity index (χ3n) is 3.84. The van der Waals surface area contributed by atoms with Gasteiger partial charge in [-0.1, -0.05) is 0 Å². The van der Waals surface area contributed by atoms with Gasteiger partial charge in [-0.2, -0.15) is 13.2 Å². The maximum Gasteiger partial charge on any atom is 0.390 e. The summed E-state index contributed by atoms with van der Waals surface area (Å²) in [6.07, 6.45) is -1.13. The Morgan fingerprint density at radius 2 is 2.09 bits per heavy atom. The smallest absolute Gasteiger partial charge is 0.390 e. The summed E-state index contributed by atoms with van der Waals surface area (Å²) < 4.78 is 42.1. The maximum atomic E-state index is 12.2. The Morgan fingerprint density at radius 1 is 1.35 bits per heavy atom. The predicted octanol–water partition coefficient (Wildman–Crippen LogP) is 2.53. The number of furan rings is 1. The molecule has 1 aliphatic heterocycles. The molecule has 0 amide bonds. The van der Waals surface area contributed by atoms with Crippen LogP contribution in [-0.4, -0.2) is 50.3 Å². The number of nitrogens with one attached hydrogen (secondary N) is 2. The van der Waals surface area contributed by atoms with Gasteiger partial charge in [0.25, 0.3) is 0 Å². The van der Waals surface area contributed by atoms with Crippen LogP contribution in [0.3, 0.4) is 0 Å². The minimum Gasteiger partial charge on any atom is -0.468 e. The number of rotatable bonds is 6. The fourth-order valence-electron chi connectivity index (χ4n) is 2.68. The highest BCUT2D eigenvalue weighted by Gasteiger charge is 2.27. The van der Waals surface area contributed by atoms with Crippen LogP contribution in [0.5, 0.6) is 0 Å². The average molecular weight is 332 g/mol. The van der Waals surface area contributed by atoms with Gasteiger partial charge in [0.15, 0.2) is 5.96 Å². The minimum absolute atomic E-state index is 0.0497. The van der Waals surface area contributed by atoms with Gasteiger partial charge >= 0.3 is 6.18 Å². The number of hydrogen-bond donors (Lipinski definition) is 2. The zero-order valence-electron chi connectivity index (χ0n) is 13.2. The van der Waals surface area contributed by atoms with Crippen LogP contribution in [0.2, 0.25) is 0 Å². The lowest BCUT2D eigenvalue weighted by Gasteiger charge is -2.26. The number of halogens is 3. The molecule has 5 nitrogen and oxygen atoms in total. The molecule has 2 rings (SSSR count).